The lowest BCUT2D eigenvalue weighted by molar-refractivity contribution is -0.174. The summed E-state index contributed by atoms with van der Waals surface area (Å²) in [4.78, 5) is 24.7. The maximum Gasteiger partial charge on any atom is 0.471 e. The molecule has 0 spiro atoms. The molecule has 2 rings (SSSR count). The molecule has 1 saturated heterocycles. The SMILES string of the molecule is O=C(CCc1cccc(Cl)c1)N1CCC(NC(=O)C(F)(F)F)CC1. The second kappa shape index (κ2) is 7.88. The van der Waals surface area contributed by atoms with Gasteiger partial charge in [0, 0.05) is 30.6 Å². The number of hydrogen-bond donors (Lipinski definition) is 1. The number of piperidine rings is 1. The minimum absolute atomic E-state index is 0.0458. The summed E-state index contributed by atoms with van der Waals surface area (Å²) >= 11 is 5.89. The summed E-state index contributed by atoms with van der Waals surface area (Å²) in [5.74, 6) is -1.97. The normalized spacial score (nSPS) is 16.1. The Morgan fingerprint density at radius 2 is 1.92 bits per heavy atom. The Bertz CT molecular complexity index is 599. The number of benzene rings is 1. The van der Waals surface area contributed by atoms with Crippen LogP contribution in [0.25, 0.3) is 0 Å². The van der Waals surface area contributed by atoms with Gasteiger partial charge in [-0.05, 0) is 37.0 Å². The fourth-order valence-electron chi connectivity index (χ4n) is 2.64. The van der Waals surface area contributed by atoms with E-state index in [9.17, 15) is 22.8 Å². The van der Waals surface area contributed by atoms with Crippen molar-refractivity contribution in [2.45, 2.75) is 37.9 Å². The van der Waals surface area contributed by atoms with Crippen LogP contribution >= 0.6 is 11.6 Å². The molecule has 1 aliphatic heterocycles. The maximum atomic E-state index is 12.2. The minimum atomic E-state index is -4.87. The number of likely N-dealkylation sites (tertiary alicyclic amines) is 1. The molecule has 0 aromatic heterocycles. The fraction of sp³-hybridized carbons (Fsp3) is 0.500. The number of rotatable bonds is 4. The van der Waals surface area contributed by atoms with E-state index < -0.39 is 18.1 Å². The topological polar surface area (TPSA) is 49.4 Å². The van der Waals surface area contributed by atoms with Gasteiger partial charge in [-0.1, -0.05) is 23.7 Å². The molecule has 8 heteroatoms. The molecule has 0 radical (unpaired) electrons. The van der Waals surface area contributed by atoms with Crippen LogP contribution in [0.2, 0.25) is 5.02 Å². The molecule has 1 aromatic carbocycles. The maximum absolute atomic E-state index is 12.2. The number of amides is 2. The third-order valence-corrected chi connectivity index (χ3v) is 4.19. The van der Waals surface area contributed by atoms with Gasteiger partial charge in [0.2, 0.25) is 5.91 Å². The lowest BCUT2D eigenvalue weighted by Gasteiger charge is -2.32. The average Bonchev–Trinajstić information content (AvgIpc) is 2.52. The van der Waals surface area contributed by atoms with Gasteiger partial charge in [0.25, 0.3) is 0 Å². The Morgan fingerprint density at radius 3 is 2.50 bits per heavy atom. The minimum Gasteiger partial charge on any atom is -0.345 e. The molecule has 1 aromatic rings. The second-order valence-electron chi connectivity index (χ2n) is 5.76. The Labute approximate surface area is 143 Å². The van der Waals surface area contributed by atoms with Crippen LogP contribution in [0.5, 0.6) is 0 Å². The highest BCUT2D eigenvalue weighted by molar-refractivity contribution is 6.30. The second-order valence-corrected chi connectivity index (χ2v) is 6.19. The van der Waals surface area contributed by atoms with Gasteiger partial charge in [0.05, 0.1) is 0 Å². The van der Waals surface area contributed by atoms with Crippen molar-refractivity contribution in [1.29, 1.82) is 0 Å². The molecular formula is C16H18ClF3N2O2. The molecule has 1 heterocycles. The quantitative estimate of drug-likeness (QED) is 0.895. The van der Waals surface area contributed by atoms with Gasteiger partial charge < -0.3 is 10.2 Å². The zero-order chi connectivity index (χ0) is 17.7. The molecule has 4 nitrogen and oxygen atoms in total. The van der Waals surface area contributed by atoms with Crippen LogP contribution in [0.15, 0.2) is 24.3 Å². The Kier molecular flexibility index (Phi) is 6.10. The van der Waals surface area contributed by atoms with E-state index in [0.29, 0.717) is 43.8 Å². The molecule has 0 atom stereocenters. The van der Waals surface area contributed by atoms with Gasteiger partial charge in [-0.25, -0.2) is 0 Å². The molecule has 24 heavy (non-hydrogen) atoms. The van der Waals surface area contributed by atoms with Crippen molar-refractivity contribution < 1.29 is 22.8 Å². The number of halogens is 4. The van der Waals surface area contributed by atoms with Crippen molar-refractivity contribution in [2.24, 2.45) is 0 Å². The summed E-state index contributed by atoms with van der Waals surface area (Å²) in [6, 6.07) is 6.71. The largest absolute Gasteiger partial charge is 0.471 e. The van der Waals surface area contributed by atoms with Crippen LogP contribution in [-0.4, -0.2) is 42.0 Å². The van der Waals surface area contributed by atoms with Crippen LogP contribution in [0.4, 0.5) is 13.2 Å². The molecule has 132 valence electrons. The first-order valence-electron chi connectivity index (χ1n) is 7.65. The first kappa shape index (κ1) is 18.6. The highest BCUT2D eigenvalue weighted by atomic mass is 35.5. The van der Waals surface area contributed by atoms with E-state index in [-0.39, 0.29) is 5.91 Å². The third-order valence-electron chi connectivity index (χ3n) is 3.96. The number of alkyl halides is 3. The van der Waals surface area contributed by atoms with Gasteiger partial charge in [-0.3, -0.25) is 9.59 Å². The number of aryl methyl sites for hydroxylation is 1. The number of carbonyl (C=O) groups is 2. The van der Waals surface area contributed by atoms with Crippen molar-refractivity contribution >= 4 is 23.4 Å². The van der Waals surface area contributed by atoms with Crippen LogP contribution < -0.4 is 5.32 Å². The van der Waals surface area contributed by atoms with Crippen LogP contribution in [0, 0.1) is 0 Å². The predicted molar refractivity (Wildman–Crippen MR) is 83.6 cm³/mol. The van der Waals surface area contributed by atoms with E-state index in [4.69, 9.17) is 11.6 Å². The molecular weight excluding hydrogens is 345 g/mol. The Hall–Kier alpha value is -1.76. The molecule has 0 bridgehead atoms. The highest BCUT2D eigenvalue weighted by Crippen LogP contribution is 2.18. The average molecular weight is 363 g/mol. The van der Waals surface area contributed by atoms with Gasteiger partial charge in [-0.15, -0.1) is 0 Å². The summed E-state index contributed by atoms with van der Waals surface area (Å²) in [5, 5.41) is 2.58. The highest BCUT2D eigenvalue weighted by Gasteiger charge is 2.40. The van der Waals surface area contributed by atoms with Gasteiger partial charge in [0.15, 0.2) is 0 Å². The molecule has 1 aliphatic rings. The van der Waals surface area contributed by atoms with E-state index in [1.54, 1.807) is 17.0 Å². The van der Waals surface area contributed by atoms with Crippen molar-refractivity contribution in [3.8, 4) is 0 Å². The van der Waals surface area contributed by atoms with E-state index >= 15 is 0 Å². The zero-order valence-electron chi connectivity index (χ0n) is 12.9. The first-order chi connectivity index (χ1) is 11.3. The zero-order valence-corrected chi connectivity index (χ0v) is 13.7. The van der Waals surface area contributed by atoms with E-state index in [1.165, 1.54) is 0 Å². The van der Waals surface area contributed by atoms with Crippen LogP contribution in [-0.2, 0) is 16.0 Å². The van der Waals surface area contributed by atoms with Crippen molar-refractivity contribution in [2.75, 3.05) is 13.1 Å². The number of carbonyl (C=O) groups excluding carboxylic acids is 2. The summed E-state index contributed by atoms with van der Waals surface area (Å²) < 4.78 is 36.6. The summed E-state index contributed by atoms with van der Waals surface area (Å²) in [6.07, 6.45) is -3.34. The Balaban J connectivity index is 1.75. The lowest BCUT2D eigenvalue weighted by atomic mass is 10.0. The lowest BCUT2D eigenvalue weighted by Crippen LogP contribution is -2.49. The summed E-state index contributed by atoms with van der Waals surface area (Å²) in [7, 11) is 0. The van der Waals surface area contributed by atoms with Crippen molar-refractivity contribution in [1.82, 2.24) is 10.2 Å². The van der Waals surface area contributed by atoms with Crippen molar-refractivity contribution in [3.05, 3.63) is 34.9 Å². The predicted octanol–water partition coefficient (Wildman–Crippen LogP) is 2.94. The molecule has 1 fully saturated rings. The summed E-state index contributed by atoms with van der Waals surface area (Å²) in [5.41, 5.74) is 0.961. The van der Waals surface area contributed by atoms with Crippen LogP contribution in [0.3, 0.4) is 0 Å². The number of hydrogen-bond acceptors (Lipinski definition) is 2. The smallest absolute Gasteiger partial charge is 0.345 e. The van der Waals surface area contributed by atoms with E-state index in [2.05, 4.69) is 0 Å². The molecule has 0 saturated carbocycles. The third kappa shape index (κ3) is 5.40. The van der Waals surface area contributed by atoms with Crippen LogP contribution in [0.1, 0.15) is 24.8 Å². The van der Waals surface area contributed by atoms with Gasteiger partial charge in [-0.2, -0.15) is 13.2 Å². The molecule has 1 N–H and O–H groups in total. The number of nitrogens with zero attached hydrogens (tertiary/aromatic N) is 1. The first-order valence-corrected chi connectivity index (χ1v) is 8.03. The fourth-order valence-corrected chi connectivity index (χ4v) is 2.86. The monoisotopic (exact) mass is 362 g/mol. The van der Waals surface area contributed by atoms with Gasteiger partial charge in [0.1, 0.15) is 0 Å². The number of nitrogens with one attached hydrogen (secondary N) is 1. The van der Waals surface area contributed by atoms with E-state index in [0.717, 1.165) is 5.56 Å². The molecule has 0 aliphatic carbocycles. The summed E-state index contributed by atoms with van der Waals surface area (Å²) in [6.45, 7) is 0.689. The Morgan fingerprint density at radius 1 is 1.25 bits per heavy atom. The standard InChI is InChI=1S/C16H18ClF3N2O2/c17-12-3-1-2-11(10-12)4-5-14(23)22-8-6-13(7-9-22)21-15(24)16(18,19)20/h1-3,10,13H,4-9H2,(H,21,24). The van der Waals surface area contributed by atoms with E-state index in [1.807, 2.05) is 17.4 Å². The molecule has 0 unspecified atom stereocenters. The van der Waals surface area contributed by atoms with Gasteiger partial charge >= 0.3 is 12.1 Å². The molecule has 2 amide bonds. The van der Waals surface area contributed by atoms with Crippen molar-refractivity contribution in [3.63, 3.8) is 0 Å².